The maximum atomic E-state index is 12.5. The Morgan fingerprint density at radius 2 is 2.00 bits per heavy atom. The number of hydrogen-bond acceptors (Lipinski definition) is 4. The van der Waals surface area contributed by atoms with Gasteiger partial charge in [0.1, 0.15) is 12.1 Å². The number of nitrogens with one attached hydrogen (secondary N) is 1. The second-order valence-electron chi connectivity index (χ2n) is 5.89. The minimum atomic E-state index is -0.861. The maximum absolute atomic E-state index is 12.5. The number of nitrogens with zero attached hydrogens (tertiary/aromatic N) is 2. The second kappa shape index (κ2) is 6.70. The van der Waals surface area contributed by atoms with Gasteiger partial charge in [-0.25, -0.2) is 4.79 Å². The van der Waals surface area contributed by atoms with Crippen LogP contribution in [-0.2, 0) is 16.1 Å². The standard InChI is InChI=1S/C16H23N3O3S/c1-5-16(6-2)14(21)19(15(22)17-16)10-13(20)18(4)9-12-11(3)7-8-23-12/h7-8H,5-6,9-10H2,1-4H3,(H,17,22). The van der Waals surface area contributed by atoms with Crippen molar-refractivity contribution in [2.75, 3.05) is 13.6 Å². The Labute approximate surface area is 140 Å². The minimum absolute atomic E-state index is 0.215. The third-order valence-corrected chi connectivity index (χ3v) is 5.53. The molecule has 0 aliphatic carbocycles. The van der Waals surface area contributed by atoms with Crippen LogP contribution in [0, 0.1) is 6.92 Å². The quantitative estimate of drug-likeness (QED) is 0.809. The summed E-state index contributed by atoms with van der Waals surface area (Å²) in [4.78, 5) is 40.6. The average molecular weight is 337 g/mol. The molecule has 2 heterocycles. The van der Waals surface area contributed by atoms with Crippen LogP contribution >= 0.6 is 11.3 Å². The average Bonchev–Trinajstić information content (AvgIpc) is 3.03. The van der Waals surface area contributed by atoms with Crippen molar-refractivity contribution in [3.05, 3.63) is 21.9 Å². The van der Waals surface area contributed by atoms with E-state index in [1.54, 1.807) is 23.3 Å². The Kier molecular flexibility index (Phi) is 5.09. The van der Waals surface area contributed by atoms with E-state index < -0.39 is 11.6 Å². The smallest absolute Gasteiger partial charge is 0.325 e. The maximum Gasteiger partial charge on any atom is 0.325 e. The zero-order chi connectivity index (χ0) is 17.2. The first-order valence-corrected chi connectivity index (χ1v) is 8.63. The SMILES string of the molecule is CCC1(CC)NC(=O)N(CC(=O)N(C)Cc2sccc2C)C1=O. The Morgan fingerprint density at radius 3 is 2.48 bits per heavy atom. The third-order valence-electron chi connectivity index (χ3n) is 4.52. The van der Waals surface area contributed by atoms with Gasteiger partial charge in [-0.3, -0.25) is 14.5 Å². The molecule has 0 bridgehead atoms. The van der Waals surface area contributed by atoms with Gasteiger partial charge >= 0.3 is 6.03 Å². The van der Waals surface area contributed by atoms with Gasteiger partial charge in [-0.15, -0.1) is 11.3 Å². The molecule has 1 saturated heterocycles. The molecule has 0 saturated carbocycles. The van der Waals surface area contributed by atoms with Crippen LogP contribution in [0.25, 0.3) is 0 Å². The monoisotopic (exact) mass is 337 g/mol. The van der Waals surface area contributed by atoms with E-state index in [-0.39, 0.29) is 18.4 Å². The fourth-order valence-corrected chi connectivity index (χ4v) is 3.63. The molecule has 1 aromatic heterocycles. The first kappa shape index (κ1) is 17.5. The van der Waals surface area contributed by atoms with Crippen LogP contribution in [0.3, 0.4) is 0 Å². The fraction of sp³-hybridized carbons (Fsp3) is 0.562. The molecule has 0 radical (unpaired) electrons. The van der Waals surface area contributed by atoms with Crippen LogP contribution < -0.4 is 5.32 Å². The van der Waals surface area contributed by atoms with Crippen molar-refractivity contribution in [2.24, 2.45) is 0 Å². The number of aryl methyl sites for hydroxylation is 1. The summed E-state index contributed by atoms with van der Waals surface area (Å²) >= 11 is 1.59. The Balaban J connectivity index is 2.04. The van der Waals surface area contributed by atoms with Crippen LogP contribution in [0.2, 0.25) is 0 Å². The number of urea groups is 1. The summed E-state index contributed by atoms with van der Waals surface area (Å²) in [6, 6.07) is 1.53. The molecule has 126 valence electrons. The molecular formula is C16H23N3O3S. The van der Waals surface area contributed by atoms with Crippen molar-refractivity contribution in [1.82, 2.24) is 15.1 Å². The summed E-state index contributed by atoms with van der Waals surface area (Å²) < 4.78 is 0. The molecule has 0 atom stereocenters. The number of carbonyl (C=O) groups is 3. The van der Waals surface area contributed by atoms with Gasteiger partial charge in [0.2, 0.25) is 5.91 Å². The van der Waals surface area contributed by atoms with Crippen molar-refractivity contribution in [3.63, 3.8) is 0 Å². The van der Waals surface area contributed by atoms with E-state index in [1.807, 2.05) is 32.2 Å². The summed E-state index contributed by atoms with van der Waals surface area (Å²) in [5.41, 5.74) is 0.279. The highest BCUT2D eigenvalue weighted by molar-refractivity contribution is 7.10. The predicted octanol–water partition coefficient (Wildman–Crippen LogP) is 2.13. The summed E-state index contributed by atoms with van der Waals surface area (Å²) in [6.07, 6.45) is 1.03. The molecule has 1 aromatic rings. The van der Waals surface area contributed by atoms with Gasteiger partial charge in [-0.2, -0.15) is 0 Å². The van der Waals surface area contributed by atoms with E-state index >= 15 is 0 Å². The van der Waals surface area contributed by atoms with Crippen molar-refractivity contribution in [2.45, 2.75) is 45.7 Å². The minimum Gasteiger partial charge on any atom is -0.339 e. The van der Waals surface area contributed by atoms with Gasteiger partial charge in [-0.1, -0.05) is 13.8 Å². The number of thiophene rings is 1. The first-order chi connectivity index (χ1) is 10.8. The molecule has 1 fully saturated rings. The summed E-state index contributed by atoms with van der Waals surface area (Å²) in [5, 5.41) is 4.72. The lowest BCUT2D eigenvalue weighted by atomic mass is 9.93. The van der Waals surface area contributed by atoms with Crippen molar-refractivity contribution >= 4 is 29.2 Å². The topological polar surface area (TPSA) is 69.7 Å². The molecule has 7 heteroatoms. The van der Waals surface area contributed by atoms with E-state index in [0.717, 1.165) is 15.3 Å². The molecule has 2 rings (SSSR count). The van der Waals surface area contributed by atoms with Crippen molar-refractivity contribution in [3.8, 4) is 0 Å². The largest absolute Gasteiger partial charge is 0.339 e. The molecular weight excluding hydrogens is 314 g/mol. The van der Waals surface area contributed by atoms with Crippen LogP contribution in [0.4, 0.5) is 4.79 Å². The van der Waals surface area contributed by atoms with E-state index in [2.05, 4.69) is 5.32 Å². The lowest BCUT2D eigenvalue weighted by Crippen LogP contribution is -2.46. The van der Waals surface area contributed by atoms with Crippen LogP contribution in [-0.4, -0.2) is 46.8 Å². The molecule has 1 N–H and O–H groups in total. The van der Waals surface area contributed by atoms with Crippen LogP contribution in [0.1, 0.15) is 37.1 Å². The van der Waals surface area contributed by atoms with E-state index in [4.69, 9.17) is 0 Å². The van der Waals surface area contributed by atoms with Gasteiger partial charge in [0.15, 0.2) is 0 Å². The number of likely N-dealkylation sites (N-methyl/N-ethyl adjacent to an activating group) is 1. The van der Waals surface area contributed by atoms with Crippen molar-refractivity contribution < 1.29 is 14.4 Å². The molecule has 6 nitrogen and oxygen atoms in total. The highest BCUT2D eigenvalue weighted by atomic mass is 32.1. The van der Waals surface area contributed by atoms with E-state index in [1.165, 1.54) is 0 Å². The van der Waals surface area contributed by atoms with Gasteiger partial charge in [0.05, 0.1) is 6.54 Å². The summed E-state index contributed by atoms with van der Waals surface area (Å²) in [5.74, 6) is -0.550. The van der Waals surface area contributed by atoms with Gasteiger partial charge in [0, 0.05) is 11.9 Å². The van der Waals surface area contributed by atoms with E-state index in [9.17, 15) is 14.4 Å². The summed E-state index contributed by atoms with van der Waals surface area (Å²) in [6.45, 7) is 5.99. The number of rotatable bonds is 6. The van der Waals surface area contributed by atoms with Crippen LogP contribution in [0.5, 0.6) is 0 Å². The molecule has 0 unspecified atom stereocenters. The third kappa shape index (κ3) is 3.24. The van der Waals surface area contributed by atoms with Gasteiger partial charge < -0.3 is 10.2 Å². The zero-order valence-corrected chi connectivity index (χ0v) is 14.8. The molecule has 1 aliphatic heterocycles. The Bertz CT molecular complexity index is 622. The molecule has 1 aliphatic rings. The van der Waals surface area contributed by atoms with E-state index in [0.29, 0.717) is 19.4 Å². The van der Waals surface area contributed by atoms with Crippen molar-refractivity contribution in [1.29, 1.82) is 0 Å². The fourth-order valence-electron chi connectivity index (χ4n) is 2.67. The first-order valence-electron chi connectivity index (χ1n) is 7.75. The lowest BCUT2D eigenvalue weighted by Gasteiger charge is -2.24. The number of amides is 4. The molecule has 0 aromatic carbocycles. The highest BCUT2D eigenvalue weighted by Gasteiger charge is 2.49. The molecule has 4 amide bonds. The van der Waals surface area contributed by atoms with Crippen LogP contribution in [0.15, 0.2) is 11.4 Å². The Hall–Kier alpha value is -1.89. The predicted molar refractivity (Wildman–Crippen MR) is 89.1 cm³/mol. The number of imide groups is 1. The van der Waals surface area contributed by atoms with Gasteiger partial charge in [0.25, 0.3) is 5.91 Å². The second-order valence-corrected chi connectivity index (χ2v) is 6.89. The normalized spacial score (nSPS) is 16.6. The Morgan fingerprint density at radius 1 is 1.35 bits per heavy atom. The summed E-state index contributed by atoms with van der Waals surface area (Å²) in [7, 11) is 1.69. The molecule has 23 heavy (non-hydrogen) atoms. The van der Waals surface area contributed by atoms with Gasteiger partial charge in [-0.05, 0) is 36.8 Å². The lowest BCUT2D eigenvalue weighted by molar-refractivity contribution is -0.138. The highest BCUT2D eigenvalue weighted by Crippen LogP contribution is 2.25. The zero-order valence-electron chi connectivity index (χ0n) is 14.0. The molecule has 0 spiro atoms. The number of hydrogen-bond donors (Lipinski definition) is 1. The number of carbonyl (C=O) groups excluding carboxylic acids is 3.